The highest BCUT2D eigenvalue weighted by atomic mass is 32.2. The van der Waals surface area contributed by atoms with E-state index in [-0.39, 0.29) is 52.6 Å². The number of amides is 4. The molecule has 1 saturated heterocycles. The van der Waals surface area contributed by atoms with Gasteiger partial charge in [-0.25, -0.2) is 4.79 Å². The highest BCUT2D eigenvalue weighted by Crippen LogP contribution is 2.65. The van der Waals surface area contributed by atoms with Crippen LogP contribution < -0.4 is 15.4 Å². The number of hydrogen-bond acceptors (Lipinski definition) is 6. The zero-order valence-corrected chi connectivity index (χ0v) is 26.0. The molecular formula is C29H47N4O6S+. The number of likely N-dealkylation sites (tertiary alicyclic amines) is 1. The number of carbonyl (C=O) groups excluding carboxylic acids is 4. The van der Waals surface area contributed by atoms with Gasteiger partial charge in [0.15, 0.2) is 11.0 Å². The van der Waals surface area contributed by atoms with Crippen molar-refractivity contribution in [1.82, 2.24) is 20.3 Å². The molecule has 0 aromatic carbocycles. The van der Waals surface area contributed by atoms with Crippen LogP contribution in [0.4, 0.5) is 4.79 Å². The maximum absolute atomic E-state index is 14.0. The van der Waals surface area contributed by atoms with Crippen molar-refractivity contribution in [2.24, 2.45) is 28.6 Å². The van der Waals surface area contributed by atoms with Crippen LogP contribution in [0.25, 0.3) is 0 Å². The minimum Gasteiger partial charge on any atom is -0.444 e. The highest BCUT2D eigenvalue weighted by Gasteiger charge is 2.70. The second-order valence-electron chi connectivity index (χ2n) is 14.8. The third-order valence-corrected chi connectivity index (χ3v) is 10.6. The van der Waals surface area contributed by atoms with Crippen LogP contribution in [0.5, 0.6) is 0 Å². The number of fused-ring (bicyclic) bond motifs is 1. The van der Waals surface area contributed by atoms with Gasteiger partial charge in [-0.3, -0.25) is 14.4 Å². The smallest absolute Gasteiger partial charge is 0.408 e. The Labute approximate surface area is 240 Å². The van der Waals surface area contributed by atoms with Gasteiger partial charge in [-0.2, -0.15) is 4.72 Å². The molecule has 224 valence electrons. The monoisotopic (exact) mass is 579 g/mol. The van der Waals surface area contributed by atoms with Gasteiger partial charge in [0, 0.05) is 25.3 Å². The lowest BCUT2D eigenvalue weighted by Crippen LogP contribution is -2.60. The molecule has 0 aromatic heterocycles. The number of alkyl carbamates (subject to hydrolysis) is 1. The van der Waals surface area contributed by atoms with Crippen molar-refractivity contribution < 1.29 is 28.1 Å². The molecule has 0 radical (unpaired) electrons. The van der Waals surface area contributed by atoms with E-state index < -0.39 is 45.7 Å². The molecule has 4 aliphatic rings. The van der Waals surface area contributed by atoms with Gasteiger partial charge < -0.3 is 20.3 Å². The molecule has 0 aromatic rings. The number of nitrogens with one attached hydrogen (secondary N) is 3. The minimum absolute atomic E-state index is 0.00614. The van der Waals surface area contributed by atoms with Gasteiger partial charge in [0.1, 0.15) is 22.9 Å². The van der Waals surface area contributed by atoms with Crippen LogP contribution in [0.1, 0.15) is 81.1 Å². The summed E-state index contributed by atoms with van der Waals surface area (Å²) < 4.78 is 20.3. The van der Waals surface area contributed by atoms with Crippen molar-refractivity contribution in [3.8, 4) is 0 Å². The van der Waals surface area contributed by atoms with Crippen molar-refractivity contribution in [3.63, 3.8) is 0 Å². The van der Waals surface area contributed by atoms with E-state index in [2.05, 4.69) is 35.8 Å². The molecule has 3 saturated carbocycles. The summed E-state index contributed by atoms with van der Waals surface area (Å²) >= 11 is 0. The number of hydrogen-bond donors (Lipinski definition) is 3. The Morgan fingerprint density at radius 1 is 1.12 bits per heavy atom. The lowest BCUT2D eigenvalue weighted by Gasteiger charge is -2.38. The Kier molecular flexibility index (Phi) is 7.73. The second-order valence-corrected chi connectivity index (χ2v) is 16.4. The van der Waals surface area contributed by atoms with E-state index in [1.807, 2.05) is 20.8 Å². The summed E-state index contributed by atoms with van der Waals surface area (Å²) in [4.78, 5) is 55.0. The molecule has 4 rings (SSSR count). The first-order valence-corrected chi connectivity index (χ1v) is 15.6. The second kappa shape index (κ2) is 10.1. The van der Waals surface area contributed by atoms with Crippen LogP contribution in [0, 0.1) is 28.6 Å². The molecule has 10 nitrogen and oxygen atoms in total. The summed E-state index contributed by atoms with van der Waals surface area (Å²) in [6.45, 7) is 19.3. The van der Waals surface area contributed by atoms with Gasteiger partial charge in [0.05, 0.1) is 12.0 Å². The Morgan fingerprint density at radius 2 is 1.75 bits per heavy atom. The van der Waals surface area contributed by atoms with E-state index >= 15 is 0 Å². The topological polar surface area (TPSA) is 134 Å². The van der Waals surface area contributed by atoms with Crippen LogP contribution in [0.3, 0.4) is 0 Å². The van der Waals surface area contributed by atoms with Crippen molar-refractivity contribution in [3.05, 3.63) is 12.7 Å². The molecule has 0 bridgehead atoms. The molecule has 3 N–H and O–H groups in total. The van der Waals surface area contributed by atoms with E-state index in [9.17, 15) is 23.4 Å². The first-order chi connectivity index (χ1) is 18.3. The molecule has 7 unspecified atom stereocenters. The molecule has 1 aliphatic heterocycles. The average molecular weight is 580 g/mol. The molecule has 7 atom stereocenters. The van der Waals surface area contributed by atoms with Crippen LogP contribution in [-0.4, -0.2) is 63.7 Å². The summed E-state index contributed by atoms with van der Waals surface area (Å²) in [6, 6.07) is -1.63. The molecule has 4 amide bonds. The van der Waals surface area contributed by atoms with Crippen molar-refractivity contribution in [1.29, 1.82) is 0 Å². The largest absolute Gasteiger partial charge is 0.444 e. The molecule has 1 heterocycles. The number of nitrogens with zero attached hydrogens (tertiary/aromatic N) is 1. The maximum Gasteiger partial charge on any atom is 0.408 e. The van der Waals surface area contributed by atoms with Gasteiger partial charge in [-0.1, -0.05) is 44.9 Å². The summed E-state index contributed by atoms with van der Waals surface area (Å²) in [5, 5.41) is 5.93. The lowest BCUT2D eigenvalue weighted by molar-refractivity contribution is -0.144. The number of piperidine rings is 1. The molecular weight excluding hydrogens is 532 g/mol. The van der Waals surface area contributed by atoms with Gasteiger partial charge in [-0.15, -0.1) is 6.58 Å². The van der Waals surface area contributed by atoms with Gasteiger partial charge >= 0.3 is 6.09 Å². The minimum atomic E-state index is -1.79. The summed E-state index contributed by atoms with van der Waals surface area (Å²) in [6.07, 6.45) is 3.32. The van der Waals surface area contributed by atoms with E-state index in [4.69, 9.17) is 4.74 Å². The summed E-state index contributed by atoms with van der Waals surface area (Å²) in [7, 11) is -1.79. The van der Waals surface area contributed by atoms with Crippen molar-refractivity contribution in [2.45, 2.75) is 110 Å². The predicted molar refractivity (Wildman–Crippen MR) is 153 cm³/mol. The number of thiol groups is 1. The first kappa shape index (κ1) is 30.5. The summed E-state index contributed by atoms with van der Waals surface area (Å²) in [5.74, 6) is -0.951. The normalized spacial score (nSPS) is 31.8. The van der Waals surface area contributed by atoms with Gasteiger partial charge in [0.25, 0.3) is 5.91 Å². The SMILES string of the molecule is C=CC1CC1(CC(=O)N[SH+](=O)C1CC1)NC(=O)C1C2C(CN1C(=O)C(NC(=O)OC(C)(C)C)C(C)(C)C)C2(C)C. The third kappa shape index (κ3) is 6.24. The Hall–Kier alpha value is -2.43. The zero-order valence-electron chi connectivity index (χ0n) is 25.1. The summed E-state index contributed by atoms with van der Waals surface area (Å²) in [5.41, 5.74) is -2.29. The van der Waals surface area contributed by atoms with E-state index in [0.29, 0.717) is 13.0 Å². The maximum atomic E-state index is 14.0. The lowest BCUT2D eigenvalue weighted by atomic mass is 9.85. The van der Waals surface area contributed by atoms with Crippen molar-refractivity contribution in [2.75, 3.05) is 6.54 Å². The molecule has 0 spiro atoms. The van der Waals surface area contributed by atoms with Crippen LogP contribution >= 0.6 is 0 Å². The fourth-order valence-corrected chi connectivity index (χ4v) is 7.38. The fraction of sp³-hybridized carbons (Fsp3) is 0.793. The molecule has 3 aliphatic carbocycles. The van der Waals surface area contributed by atoms with E-state index in [1.165, 1.54) is 0 Å². The first-order valence-electron chi connectivity index (χ1n) is 14.3. The Balaban J connectivity index is 1.52. The van der Waals surface area contributed by atoms with E-state index in [0.717, 1.165) is 12.8 Å². The average Bonchev–Trinajstić information content (AvgIpc) is 3.74. The Bertz CT molecular complexity index is 1120. The Morgan fingerprint density at radius 3 is 2.25 bits per heavy atom. The van der Waals surface area contributed by atoms with Gasteiger partial charge in [0.2, 0.25) is 11.8 Å². The van der Waals surface area contributed by atoms with Crippen LogP contribution in [0.2, 0.25) is 0 Å². The number of rotatable bonds is 9. The van der Waals surface area contributed by atoms with Crippen molar-refractivity contribution >= 4 is 34.8 Å². The molecule has 40 heavy (non-hydrogen) atoms. The molecule has 11 heteroatoms. The standard InChI is InChI=1S/C29H46N4O6S/c1-10-16-13-29(16,14-19(34)32-40(38)17-11-12-17)31-23(35)21-20-18(28(20,8)9)15-33(21)24(36)22(26(2,3)4)30-25(37)39-27(5,6)7/h10,16-18,20-22H,1,11-15H2,2-9H3,(H,30,37)(H,31,35)(H,32,34,38)/p+1. The van der Waals surface area contributed by atoms with E-state index in [1.54, 1.807) is 31.7 Å². The quantitative estimate of drug-likeness (QED) is 0.219. The van der Waals surface area contributed by atoms with Gasteiger partial charge in [-0.05, 0) is 49.9 Å². The fourth-order valence-electron chi connectivity index (χ4n) is 6.26. The highest BCUT2D eigenvalue weighted by molar-refractivity contribution is 7.84. The van der Waals surface area contributed by atoms with Crippen LogP contribution in [-0.2, 0) is 34.3 Å². The molecule has 4 fully saturated rings. The number of ether oxygens (including phenoxy) is 1. The van der Waals surface area contributed by atoms with Crippen LogP contribution in [0.15, 0.2) is 12.7 Å². The predicted octanol–water partition coefficient (Wildman–Crippen LogP) is 2.75. The third-order valence-electron chi connectivity index (χ3n) is 8.91. The zero-order chi connectivity index (χ0) is 30.0. The number of carbonyl (C=O) groups is 4.